The van der Waals surface area contributed by atoms with Crippen LogP contribution in [-0.2, 0) is 0 Å². The summed E-state index contributed by atoms with van der Waals surface area (Å²) in [7, 11) is 0. The van der Waals surface area contributed by atoms with E-state index in [-0.39, 0.29) is 11.5 Å². The van der Waals surface area contributed by atoms with Gasteiger partial charge in [0.25, 0.3) is 0 Å². The Morgan fingerprint density at radius 1 is 1.54 bits per heavy atom. The largest absolute Gasteiger partial charge is 0.508 e. The third-order valence-corrected chi connectivity index (χ3v) is 1.88. The summed E-state index contributed by atoms with van der Waals surface area (Å²) in [5.41, 5.74) is 6.71. The first-order valence-corrected chi connectivity index (χ1v) is 4.18. The number of hydrogen-bond acceptors (Lipinski definition) is 3. The SMILES string of the molecule is Cc1cc(O)ccc1C(=O)CCN. The number of nitrogens with two attached hydrogens (primary N) is 1. The Morgan fingerprint density at radius 2 is 2.23 bits per heavy atom. The second-order valence-corrected chi connectivity index (χ2v) is 2.96. The van der Waals surface area contributed by atoms with Crippen molar-refractivity contribution in [1.82, 2.24) is 0 Å². The van der Waals surface area contributed by atoms with Crippen LogP contribution in [0.1, 0.15) is 22.3 Å². The summed E-state index contributed by atoms with van der Waals surface area (Å²) in [6, 6.07) is 4.71. The lowest BCUT2D eigenvalue weighted by Gasteiger charge is -2.03. The van der Waals surface area contributed by atoms with Crippen molar-refractivity contribution >= 4 is 5.78 Å². The maximum atomic E-state index is 11.4. The van der Waals surface area contributed by atoms with Gasteiger partial charge in [0.05, 0.1) is 0 Å². The normalized spacial score (nSPS) is 10.0. The summed E-state index contributed by atoms with van der Waals surface area (Å²) in [6.07, 6.45) is 0.353. The lowest BCUT2D eigenvalue weighted by Crippen LogP contribution is -2.09. The molecule has 1 rings (SSSR count). The third-order valence-electron chi connectivity index (χ3n) is 1.88. The molecule has 0 unspecified atom stereocenters. The van der Waals surface area contributed by atoms with Gasteiger partial charge >= 0.3 is 0 Å². The zero-order valence-electron chi connectivity index (χ0n) is 7.58. The molecule has 13 heavy (non-hydrogen) atoms. The number of benzene rings is 1. The molecule has 0 radical (unpaired) electrons. The summed E-state index contributed by atoms with van der Waals surface area (Å²) in [5, 5.41) is 9.11. The summed E-state index contributed by atoms with van der Waals surface area (Å²) in [6.45, 7) is 2.16. The van der Waals surface area contributed by atoms with Crippen LogP contribution in [0.2, 0.25) is 0 Å². The Labute approximate surface area is 77.2 Å². The van der Waals surface area contributed by atoms with Crippen molar-refractivity contribution < 1.29 is 9.90 Å². The molecule has 0 bridgehead atoms. The van der Waals surface area contributed by atoms with Gasteiger partial charge in [-0.05, 0) is 37.2 Å². The van der Waals surface area contributed by atoms with Crippen LogP contribution < -0.4 is 5.73 Å². The number of aryl methyl sites for hydroxylation is 1. The third kappa shape index (κ3) is 2.29. The molecule has 0 aliphatic rings. The minimum atomic E-state index is 0.0278. The van der Waals surface area contributed by atoms with Gasteiger partial charge in [0.2, 0.25) is 0 Å². The zero-order valence-corrected chi connectivity index (χ0v) is 7.58. The van der Waals surface area contributed by atoms with Crippen LogP contribution in [0.25, 0.3) is 0 Å². The van der Waals surface area contributed by atoms with E-state index >= 15 is 0 Å². The number of Topliss-reactive ketones (excluding diaryl/α,β-unsaturated/α-hetero) is 1. The predicted octanol–water partition coefficient (Wildman–Crippen LogP) is 1.23. The standard InChI is InChI=1S/C10H13NO2/c1-7-6-8(12)2-3-9(7)10(13)4-5-11/h2-3,6,12H,4-5,11H2,1H3. The molecule has 0 saturated carbocycles. The van der Waals surface area contributed by atoms with Crippen LogP contribution in [0.15, 0.2) is 18.2 Å². The van der Waals surface area contributed by atoms with Crippen LogP contribution in [0.3, 0.4) is 0 Å². The molecule has 70 valence electrons. The second kappa shape index (κ2) is 4.05. The molecule has 3 heteroatoms. The summed E-state index contributed by atoms with van der Waals surface area (Å²) in [4.78, 5) is 11.4. The monoisotopic (exact) mass is 179 g/mol. The second-order valence-electron chi connectivity index (χ2n) is 2.96. The zero-order chi connectivity index (χ0) is 9.84. The molecular weight excluding hydrogens is 166 g/mol. The average molecular weight is 179 g/mol. The number of carbonyl (C=O) groups is 1. The summed E-state index contributed by atoms with van der Waals surface area (Å²) >= 11 is 0. The minimum absolute atomic E-state index is 0.0278. The van der Waals surface area contributed by atoms with Crippen LogP contribution in [0, 0.1) is 6.92 Å². The quantitative estimate of drug-likeness (QED) is 0.686. The van der Waals surface area contributed by atoms with Gasteiger partial charge in [-0.2, -0.15) is 0 Å². The first-order valence-electron chi connectivity index (χ1n) is 4.18. The number of ketones is 1. The molecule has 0 amide bonds. The van der Waals surface area contributed by atoms with Crippen molar-refractivity contribution in [3.05, 3.63) is 29.3 Å². The minimum Gasteiger partial charge on any atom is -0.508 e. The average Bonchev–Trinajstić information content (AvgIpc) is 2.04. The Bertz CT molecular complexity index is 321. The summed E-state index contributed by atoms with van der Waals surface area (Å²) < 4.78 is 0. The molecule has 0 aliphatic carbocycles. The Morgan fingerprint density at radius 3 is 2.77 bits per heavy atom. The number of carbonyl (C=O) groups excluding carboxylic acids is 1. The van der Waals surface area contributed by atoms with E-state index in [1.54, 1.807) is 19.1 Å². The van der Waals surface area contributed by atoms with Crippen molar-refractivity contribution in [2.75, 3.05) is 6.54 Å². The molecule has 0 heterocycles. The van der Waals surface area contributed by atoms with Crippen LogP contribution in [0.5, 0.6) is 5.75 Å². The number of aromatic hydroxyl groups is 1. The molecular formula is C10H13NO2. The van der Waals surface area contributed by atoms with E-state index in [9.17, 15) is 4.79 Å². The van der Waals surface area contributed by atoms with Crippen molar-refractivity contribution in [2.24, 2.45) is 5.73 Å². The maximum absolute atomic E-state index is 11.4. The van der Waals surface area contributed by atoms with E-state index < -0.39 is 0 Å². The lowest BCUT2D eigenvalue weighted by atomic mass is 10.0. The number of phenolic OH excluding ortho intramolecular Hbond substituents is 1. The van der Waals surface area contributed by atoms with Crippen LogP contribution in [0.4, 0.5) is 0 Å². The lowest BCUT2D eigenvalue weighted by molar-refractivity contribution is 0.0985. The van der Waals surface area contributed by atoms with Crippen LogP contribution >= 0.6 is 0 Å². The van der Waals surface area contributed by atoms with Gasteiger partial charge in [0.1, 0.15) is 5.75 Å². The Kier molecular flexibility index (Phi) is 3.03. The van der Waals surface area contributed by atoms with Crippen molar-refractivity contribution in [1.29, 1.82) is 0 Å². The Balaban J connectivity index is 2.95. The number of hydrogen-bond donors (Lipinski definition) is 2. The van der Waals surface area contributed by atoms with Gasteiger partial charge in [-0.15, -0.1) is 0 Å². The molecule has 0 spiro atoms. The predicted molar refractivity (Wildman–Crippen MR) is 50.8 cm³/mol. The molecule has 3 N–H and O–H groups in total. The van der Waals surface area contributed by atoms with Crippen LogP contribution in [-0.4, -0.2) is 17.4 Å². The molecule has 1 aromatic rings. The van der Waals surface area contributed by atoms with E-state index in [1.165, 1.54) is 6.07 Å². The smallest absolute Gasteiger partial charge is 0.164 e. The maximum Gasteiger partial charge on any atom is 0.164 e. The molecule has 0 saturated heterocycles. The Hall–Kier alpha value is -1.35. The summed E-state index contributed by atoms with van der Waals surface area (Å²) in [5.74, 6) is 0.210. The first kappa shape index (κ1) is 9.74. The van der Waals surface area contributed by atoms with E-state index in [0.29, 0.717) is 18.5 Å². The highest BCUT2D eigenvalue weighted by molar-refractivity contribution is 5.97. The van der Waals surface area contributed by atoms with Gasteiger partial charge in [-0.25, -0.2) is 0 Å². The fourth-order valence-electron chi connectivity index (χ4n) is 1.23. The van der Waals surface area contributed by atoms with E-state index in [0.717, 1.165) is 5.56 Å². The highest BCUT2D eigenvalue weighted by Crippen LogP contribution is 2.16. The fourth-order valence-corrected chi connectivity index (χ4v) is 1.23. The van der Waals surface area contributed by atoms with Gasteiger partial charge in [0.15, 0.2) is 5.78 Å². The van der Waals surface area contributed by atoms with Crippen molar-refractivity contribution in [2.45, 2.75) is 13.3 Å². The molecule has 3 nitrogen and oxygen atoms in total. The fraction of sp³-hybridized carbons (Fsp3) is 0.300. The van der Waals surface area contributed by atoms with Gasteiger partial charge in [0, 0.05) is 12.0 Å². The van der Waals surface area contributed by atoms with E-state index in [4.69, 9.17) is 10.8 Å². The van der Waals surface area contributed by atoms with E-state index in [1.807, 2.05) is 0 Å². The van der Waals surface area contributed by atoms with Gasteiger partial charge in [-0.1, -0.05) is 0 Å². The number of phenols is 1. The van der Waals surface area contributed by atoms with Crippen molar-refractivity contribution in [3.8, 4) is 5.75 Å². The van der Waals surface area contributed by atoms with E-state index in [2.05, 4.69) is 0 Å². The topological polar surface area (TPSA) is 63.3 Å². The highest BCUT2D eigenvalue weighted by Gasteiger charge is 2.07. The first-order chi connectivity index (χ1) is 6.15. The molecule has 1 aromatic carbocycles. The highest BCUT2D eigenvalue weighted by atomic mass is 16.3. The van der Waals surface area contributed by atoms with Gasteiger partial charge in [-0.3, -0.25) is 4.79 Å². The molecule has 0 aromatic heterocycles. The molecule has 0 atom stereocenters. The van der Waals surface area contributed by atoms with Gasteiger partial charge < -0.3 is 10.8 Å². The van der Waals surface area contributed by atoms with Crippen molar-refractivity contribution in [3.63, 3.8) is 0 Å². The molecule has 0 aliphatic heterocycles. The molecule has 0 fully saturated rings. The number of rotatable bonds is 3.